The summed E-state index contributed by atoms with van der Waals surface area (Å²) in [6.07, 6.45) is 7.15. The van der Waals surface area contributed by atoms with Crippen molar-refractivity contribution in [2.75, 3.05) is 13.2 Å². The van der Waals surface area contributed by atoms with Crippen molar-refractivity contribution in [1.82, 2.24) is 5.32 Å². The molecule has 4 bridgehead atoms. The maximum Gasteiger partial charge on any atom is 0.312 e. The van der Waals surface area contributed by atoms with E-state index in [4.69, 9.17) is 4.74 Å². The van der Waals surface area contributed by atoms with Crippen molar-refractivity contribution >= 4 is 11.9 Å². The van der Waals surface area contributed by atoms with Crippen molar-refractivity contribution < 1.29 is 14.3 Å². The minimum absolute atomic E-state index is 0.00688. The SMILES string of the molecule is Cc1ccc(C23C[C@H]4C[C@@H](CC(C(=O)OC[C@@H]5CNC(=O)C5)(C4)C2)C3)cc1. The Morgan fingerprint density at radius 2 is 1.85 bits per heavy atom. The Bertz CT molecular complexity index is 754. The number of benzene rings is 1. The van der Waals surface area contributed by atoms with Crippen LogP contribution in [0.15, 0.2) is 24.3 Å². The fraction of sp³-hybridized carbons (Fsp3) is 0.652. The summed E-state index contributed by atoms with van der Waals surface area (Å²) in [5, 5.41) is 2.83. The van der Waals surface area contributed by atoms with Crippen molar-refractivity contribution in [3.8, 4) is 0 Å². The van der Waals surface area contributed by atoms with Crippen LogP contribution < -0.4 is 5.32 Å². The average molecular weight is 367 g/mol. The van der Waals surface area contributed by atoms with Crippen LogP contribution in [0.1, 0.15) is 56.1 Å². The number of nitrogens with one attached hydrogen (secondary N) is 1. The second-order valence-electron chi connectivity index (χ2n) is 9.86. The Kier molecular flexibility index (Phi) is 3.89. The standard InChI is InChI=1S/C23H29NO3/c1-15-2-4-19(5-3-15)22-8-16-6-17(9-22)11-23(10-16,14-22)21(26)27-13-18-7-20(25)24-12-18/h2-5,16-18H,6-14H2,1H3,(H,24,25)/t16-,17-,18+,22?,23?/m1/s1. The molecule has 1 saturated heterocycles. The van der Waals surface area contributed by atoms with Crippen LogP contribution in [0.2, 0.25) is 0 Å². The molecule has 5 fully saturated rings. The molecule has 0 radical (unpaired) electrons. The van der Waals surface area contributed by atoms with E-state index in [0.29, 0.717) is 31.4 Å². The number of amides is 1. The van der Waals surface area contributed by atoms with Crippen LogP contribution in [0.5, 0.6) is 0 Å². The molecule has 0 aromatic heterocycles. The average Bonchev–Trinajstić information content (AvgIpc) is 3.04. The third-order valence-electron chi connectivity index (χ3n) is 7.67. The fourth-order valence-corrected chi connectivity index (χ4v) is 6.88. The van der Waals surface area contributed by atoms with Gasteiger partial charge < -0.3 is 10.1 Å². The van der Waals surface area contributed by atoms with Gasteiger partial charge >= 0.3 is 5.97 Å². The first-order valence-electron chi connectivity index (χ1n) is 10.5. The first-order valence-corrected chi connectivity index (χ1v) is 10.5. The molecule has 4 saturated carbocycles. The Labute approximate surface area is 161 Å². The van der Waals surface area contributed by atoms with E-state index in [1.807, 2.05) is 0 Å². The molecule has 4 aliphatic carbocycles. The number of aryl methyl sites for hydroxylation is 1. The third kappa shape index (κ3) is 2.88. The lowest BCUT2D eigenvalue weighted by molar-refractivity contribution is -0.175. The van der Waals surface area contributed by atoms with Crippen LogP contribution in [0, 0.1) is 30.1 Å². The van der Waals surface area contributed by atoms with Gasteiger partial charge in [-0.25, -0.2) is 0 Å². The molecule has 4 heteroatoms. The van der Waals surface area contributed by atoms with Gasteiger partial charge in [0.15, 0.2) is 0 Å². The van der Waals surface area contributed by atoms with Crippen molar-refractivity contribution in [3.63, 3.8) is 0 Å². The van der Waals surface area contributed by atoms with E-state index in [0.717, 1.165) is 19.3 Å². The predicted octanol–water partition coefficient (Wildman–Crippen LogP) is 3.51. The lowest BCUT2D eigenvalue weighted by atomic mass is 9.43. The van der Waals surface area contributed by atoms with Crippen molar-refractivity contribution in [2.45, 2.75) is 57.3 Å². The van der Waals surface area contributed by atoms with Crippen LogP contribution in [-0.4, -0.2) is 25.0 Å². The van der Waals surface area contributed by atoms with Crippen LogP contribution in [-0.2, 0) is 19.7 Å². The van der Waals surface area contributed by atoms with E-state index in [1.165, 1.54) is 30.4 Å². The highest BCUT2D eigenvalue weighted by Crippen LogP contribution is 2.66. The molecular weight excluding hydrogens is 338 g/mol. The van der Waals surface area contributed by atoms with E-state index >= 15 is 0 Å². The lowest BCUT2D eigenvalue weighted by Gasteiger charge is -2.61. The minimum Gasteiger partial charge on any atom is -0.465 e. The molecule has 5 aliphatic rings. The third-order valence-corrected chi connectivity index (χ3v) is 7.67. The largest absolute Gasteiger partial charge is 0.465 e. The fourth-order valence-electron chi connectivity index (χ4n) is 6.88. The highest BCUT2D eigenvalue weighted by Gasteiger charge is 2.61. The Balaban J connectivity index is 1.37. The number of hydrogen-bond acceptors (Lipinski definition) is 3. The molecule has 1 amide bonds. The highest BCUT2D eigenvalue weighted by molar-refractivity contribution is 5.79. The molecule has 1 aromatic carbocycles. The van der Waals surface area contributed by atoms with E-state index in [2.05, 4.69) is 36.5 Å². The maximum absolute atomic E-state index is 13.2. The van der Waals surface area contributed by atoms with Gasteiger partial charge in [-0.3, -0.25) is 9.59 Å². The summed E-state index contributed by atoms with van der Waals surface area (Å²) in [4.78, 5) is 24.6. The van der Waals surface area contributed by atoms with Crippen LogP contribution in [0.4, 0.5) is 0 Å². The summed E-state index contributed by atoms with van der Waals surface area (Å²) in [5.74, 6) is 1.52. The molecule has 144 valence electrons. The molecule has 1 aromatic rings. The maximum atomic E-state index is 13.2. The summed E-state index contributed by atoms with van der Waals surface area (Å²) in [6, 6.07) is 9.00. The van der Waals surface area contributed by atoms with Gasteiger partial charge in [-0.15, -0.1) is 0 Å². The first-order chi connectivity index (χ1) is 13.0. The molecule has 4 nitrogen and oxygen atoms in total. The zero-order valence-electron chi connectivity index (χ0n) is 16.1. The Morgan fingerprint density at radius 3 is 2.48 bits per heavy atom. The highest BCUT2D eigenvalue weighted by atomic mass is 16.5. The van der Waals surface area contributed by atoms with Crippen molar-refractivity contribution in [1.29, 1.82) is 0 Å². The monoisotopic (exact) mass is 367 g/mol. The van der Waals surface area contributed by atoms with Gasteiger partial charge in [0.1, 0.15) is 0 Å². The normalized spacial score (nSPS) is 39.4. The van der Waals surface area contributed by atoms with Gasteiger partial charge in [0.05, 0.1) is 12.0 Å². The molecule has 1 aliphatic heterocycles. The van der Waals surface area contributed by atoms with Crippen LogP contribution >= 0.6 is 0 Å². The predicted molar refractivity (Wildman–Crippen MR) is 102 cm³/mol. The van der Waals surface area contributed by atoms with Crippen LogP contribution in [0.3, 0.4) is 0 Å². The molecule has 3 atom stereocenters. The Morgan fingerprint density at radius 1 is 1.15 bits per heavy atom. The van der Waals surface area contributed by atoms with E-state index in [-0.39, 0.29) is 28.6 Å². The van der Waals surface area contributed by atoms with Gasteiger partial charge in [-0.1, -0.05) is 29.8 Å². The summed E-state index contributed by atoms with van der Waals surface area (Å²) >= 11 is 0. The van der Waals surface area contributed by atoms with E-state index in [9.17, 15) is 9.59 Å². The molecule has 27 heavy (non-hydrogen) atoms. The van der Waals surface area contributed by atoms with Crippen molar-refractivity contribution in [3.05, 3.63) is 35.4 Å². The molecule has 6 rings (SSSR count). The number of carbonyl (C=O) groups excluding carboxylic acids is 2. The zero-order chi connectivity index (χ0) is 18.6. The summed E-state index contributed by atoms with van der Waals surface area (Å²) in [5.41, 5.74) is 2.56. The van der Waals surface area contributed by atoms with Crippen LogP contribution in [0.25, 0.3) is 0 Å². The number of rotatable bonds is 4. The van der Waals surface area contributed by atoms with Gasteiger partial charge in [0, 0.05) is 18.9 Å². The number of hydrogen-bond donors (Lipinski definition) is 1. The molecular formula is C23H29NO3. The molecule has 1 heterocycles. The minimum atomic E-state index is -0.301. The number of esters is 1. The second-order valence-corrected chi connectivity index (χ2v) is 9.86. The quantitative estimate of drug-likeness (QED) is 0.829. The second kappa shape index (κ2) is 6.08. The number of ether oxygens (including phenoxy) is 1. The molecule has 0 unspecified atom stereocenters. The van der Waals surface area contributed by atoms with Gasteiger partial charge in [0.25, 0.3) is 0 Å². The first kappa shape index (κ1) is 17.3. The Hall–Kier alpha value is -1.84. The van der Waals surface area contributed by atoms with Gasteiger partial charge in [-0.05, 0) is 68.3 Å². The summed E-state index contributed by atoms with van der Waals surface area (Å²) in [7, 11) is 0. The smallest absolute Gasteiger partial charge is 0.312 e. The molecule has 1 N–H and O–H groups in total. The van der Waals surface area contributed by atoms with E-state index < -0.39 is 0 Å². The zero-order valence-corrected chi connectivity index (χ0v) is 16.1. The van der Waals surface area contributed by atoms with Crippen molar-refractivity contribution in [2.24, 2.45) is 23.2 Å². The summed E-state index contributed by atoms with van der Waals surface area (Å²) < 4.78 is 5.83. The summed E-state index contributed by atoms with van der Waals surface area (Å²) in [6.45, 7) is 3.15. The topological polar surface area (TPSA) is 55.4 Å². The van der Waals surface area contributed by atoms with Gasteiger partial charge in [-0.2, -0.15) is 0 Å². The lowest BCUT2D eigenvalue weighted by Crippen LogP contribution is -2.57. The van der Waals surface area contributed by atoms with E-state index in [1.54, 1.807) is 0 Å². The number of carbonyl (C=O) groups is 2. The molecule has 0 spiro atoms. The van der Waals surface area contributed by atoms with Gasteiger partial charge in [0.2, 0.25) is 5.91 Å².